The molecule has 1 aromatic rings. The van der Waals surface area contributed by atoms with Crippen molar-refractivity contribution in [1.82, 2.24) is 0 Å². The van der Waals surface area contributed by atoms with Gasteiger partial charge in [0.1, 0.15) is 11.5 Å². The Kier molecular flexibility index (Phi) is 2.09. The molecule has 0 unspecified atom stereocenters. The summed E-state index contributed by atoms with van der Waals surface area (Å²) in [7, 11) is -3.36. The predicted octanol–water partition coefficient (Wildman–Crippen LogP) is 1.24. The van der Waals surface area contributed by atoms with Crippen LogP contribution in [0.3, 0.4) is 0 Å². The number of nitrogens with zero attached hydrogens (tertiary/aromatic N) is 1. The van der Waals surface area contributed by atoms with Gasteiger partial charge in [-0.15, -0.1) is 0 Å². The molecule has 0 saturated carbocycles. The zero-order chi connectivity index (χ0) is 12.0. The van der Waals surface area contributed by atoms with Crippen LogP contribution in [0.15, 0.2) is 40.9 Å². The minimum absolute atomic E-state index is 0.333. The van der Waals surface area contributed by atoms with Crippen molar-refractivity contribution in [3.63, 3.8) is 0 Å². The molecule has 2 aliphatic rings. The molecule has 88 valence electrons. The van der Waals surface area contributed by atoms with E-state index in [1.807, 2.05) is 0 Å². The van der Waals surface area contributed by atoms with E-state index in [9.17, 15) is 12.8 Å². The highest BCUT2D eigenvalue weighted by Crippen LogP contribution is 2.30. The molecule has 0 spiro atoms. The number of sulfone groups is 1. The monoisotopic (exact) mass is 253 g/mol. The van der Waals surface area contributed by atoms with Gasteiger partial charge in [0.15, 0.2) is 21.2 Å². The van der Waals surface area contributed by atoms with E-state index < -0.39 is 21.2 Å². The van der Waals surface area contributed by atoms with E-state index in [2.05, 4.69) is 5.16 Å². The third-order valence-corrected chi connectivity index (χ3v) is 4.53. The first-order valence-electron chi connectivity index (χ1n) is 5.00. The molecule has 0 aromatic heterocycles. The van der Waals surface area contributed by atoms with E-state index in [4.69, 9.17) is 4.84 Å². The lowest BCUT2D eigenvalue weighted by molar-refractivity contribution is 0.123. The van der Waals surface area contributed by atoms with Gasteiger partial charge in [-0.3, -0.25) is 0 Å². The van der Waals surface area contributed by atoms with Crippen LogP contribution in [-0.2, 0) is 14.7 Å². The molecule has 2 atom stereocenters. The average Bonchev–Trinajstić information content (AvgIpc) is 2.83. The van der Waals surface area contributed by atoms with Crippen LogP contribution in [0.2, 0.25) is 0 Å². The molecule has 2 aliphatic heterocycles. The predicted molar refractivity (Wildman–Crippen MR) is 59.7 cm³/mol. The number of oxime groups is 1. The van der Waals surface area contributed by atoms with Crippen molar-refractivity contribution >= 4 is 15.5 Å². The number of hydrogen-bond acceptors (Lipinski definition) is 4. The van der Waals surface area contributed by atoms with Crippen molar-refractivity contribution in [3.8, 4) is 0 Å². The summed E-state index contributed by atoms with van der Waals surface area (Å²) < 4.78 is 36.3. The van der Waals surface area contributed by atoms with Gasteiger partial charge in [0.2, 0.25) is 0 Å². The second-order valence-electron chi connectivity index (χ2n) is 3.89. The minimum atomic E-state index is -3.36. The van der Waals surface area contributed by atoms with Gasteiger partial charge < -0.3 is 4.84 Å². The Labute approximate surface area is 97.3 Å². The van der Waals surface area contributed by atoms with Crippen LogP contribution in [0.4, 0.5) is 4.39 Å². The lowest BCUT2D eigenvalue weighted by atomic mass is 10.0. The molecule has 1 aromatic carbocycles. The fourth-order valence-corrected chi connectivity index (χ4v) is 3.52. The van der Waals surface area contributed by atoms with Gasteiger partial charge in [0, 0.05) is 11.0 Å². The maximum Gasteiger partial charge on any atom is 0.184 e. The van der Waals surface area contributed by atoms with Crippen molar-refractivity contribution in [3.05, 3.63) is 47.1 Å². The lowest BCUT2D eigenvalue weighted by Crippen LogP contribution is -2.31. The van der Waals surface area contributed by atoms with Gasteiger partial charge in [0.05, 0.1) is 0 Å². The summed E-state index contributed by atoms with van der Waals surface area (Å²) in [6.07, 6.45) is 0.917. The molecule has 17 heavy (non-hydrogen) atoms. The van der Waals surface area contributed by atoms with Gasteiger partial charge >= 0.3 is 0 Å². The van der Waals surface area contributed by atoms with Crippen LogP contribution in [-0.4, -0.2) is 25.5 Å². The molecule has 0 saturated heterocycles. The molecule has 3 rings (SSSR count). The smallest absolute Gasteiger partial charge is 0.184 e. The summed E-state index contributed by atoms with van der Waals surface area (Å²) >= 11 is 0. The number of rotatable bonds is 1. The molecule has 4 nitrogen and oxygen atoms in total. The Balaban J connectivity index is 2.03. The third kappa shape index (κ3) is 1.56. The van der Waals surface area contributed by atoms with Crippen molar-refractivity contribution in [2.45, 2.75) is 11.4 Å². The molecule has 0 radical (unpaired) electrons. The highest BCUT2D eigenvalue weighted by molar-refractivity contribution is 7.96. The normalized spacial score (nSPS) is 28.6. The van der Waals surface area contributed by atoms with E-state index in [1.165, 1.54) is 30.3 Å². The van der Waals surface area contributed by atoms with Crippen LogP contribution in [0.5, 0.6) is 0 Å². The van der Waals surface area contributed by atoms with Crippen LogP contribution in [0, 0.1) is 5.82 Å². The van der Waals surface area contributed by atoms with E-state index in [0.717, 1.165) is 5.41 Å². The van der Waals surface area contributed by atoms with Gasteiger partial charge in [-0.05, 0) is 18.2 Å². The zero-order valence-corrected chi connectivity index (χ0v) is 9.39. The molecule has 0 fully saturated rings. The van der Waals surface area contributed by atoms with Gasteiger partial charge in [-0.2, -0.15) is 0 Å². The summed E-state index contributed by atoms with van der Waals surface area (Å²) in [5.41, 5.74) is 0.895. The Morgan fingerprint density at radius 3 is 2.65 bits per heavy atom. The first-order valence-corrected chi connectivity index (χ1v) is 6.61. The molecular weight excluding hydrogens is 245 g/mol. The summed E-state index contributed by atoms with van der Waals surface area (Å²) in [4.78, 5) is 5.04. The van der Waals surface area contributed by atoms with Crippen LogP contribution < -0.4 is 0 Å². The average molecular weight is 253 g/mol. The van der Waals surface area contributed by atoms with Crippen molar-refractivity contribution in [2.75, 3.05) is 0 Å². The fourth-order valence-electron chi connectivity index (χ4n) is 1.97. The van der Waals surface area contributed by atoms with Crippen LogP contribution in [0.1, 0.15) is 5.56 Å². The Morgan fingerprint density at radius 2 is 1.94 bits per heavy atom. The van der Waals surface area contributed by atoms with Gasteiger partial charge in [0.25, 0.3) is 0 Å². The SMILES string of the molecule is O=S1(=O)C=C[C@@H]2ON=C(c3ccc(F)cc3)[C@H]21. The van der Waals surface area contributed by atoms with E-state index >= 15 is 0 Å². The van der Waals surface area contributed by atoms with E-state index in [0.29, 0.717) is 11.3 Å². The standard InChI is InChI=1S/C11H8FNO3S/c12-8-3-1-7(2-4-8)10-11-9(16-13-10)5-6-17(11,14)15/h1-6,9,11H/t9-,11-/m0/s1. The Morgan fingerprint density at radius 1 is 1.24 bits per heavy atom. The maximum absolute atomic E-state index is 12.8. The number of fused-ring (bicyclic) bond motifs is 1. The van der Waals surface area contributed by atoms with Crippen molar-refractivity contribution < 1.29 is 17.6 Å². The summed E-state index contributed by atoms with van der Waals surface area (Å²) in [5.74, 6) is -0.378. The highest BCUT2D eigenvalue weighted by atomic mass is 32.2. The quantitative estimate of drug-likeness (QED) is 0.756. The molecular formula is C11H8FNO3S. The lowest BCUT2D eigenvalue weighted by Gasteiger charge is -2.08. The Bertz CT molecular complexity index is 619. The summed E-state index contributed by atoms with van der Waals surface area (Å²) in [6.45, 7) is 0. The summed E-state index contributed by atoms with van der Waals surface area (Å²) in [6, 6.07) is 5.52. The first kappa shape index (κ1) is 10.5. The van der Waals surface area contributed by atoms with Gasteiger partial charge in [-0.25, -0.2) is 12.8 Å². The number of hydrogen-bond donors (Lipinski definition) is 0. The van der Waals surface area contributed by atoms with Gasteiger partial charge in [-0.1, -0.05) is 17.3 Å². The molecule has 2 heterocycles. The fraction of sp³-hybridized carbons (Fsp3) is 0.182. The highest BCUT2D eigenvalue weighted by Gasteiger charge is 2.46. The second kappa shape index (κ2) is 3.40. The Hall–Kier alpha value is -1.69. The van der Waals surface area contributed by atoms with Crippen LogP contribution in [0.25, 0.3) is 0 Å². The zero-order valence-electron chi connectivity index (χ0n) is 8.58. The topological polar surface area (TPSA) is 55.7 Å². The molecule has 0 aliphatic carbocycles. The van der Waals surface area contributed by atoms with Crippen molar-refractivity contribution in [1.29, 1.82) is 0 Å². The maximum atomic E-state index is 12.8. The number of halogens is 1. The first-order chi connectivity index (χ1) is 8.08. The molecule has 0 bridgehead atoms. The number of benzene rings is 1. The van der Waals surface area contributed by atoms with Crippen LogP contribution >= 0.6 is 0 Å². The molecule has 0 N–H and O–H groups in total. The second-order valence-corrected chi connectivity index (χ2v) is 5.85. The van der Waals surface area contributed by atoms with E-state index in [-0.39, 0.29) is 5.82 Å². The van der Waals surface area contributed by atoms with Crippen molar-refractivity contribution in [2.24, 2.45) is 5.16 Å². The third-order valence-electron chi connectivity index (χ3n) is 2.79. The van der Waals surface area contributed by atoms with E-state index in [1.54, 1.807) is 0 Å². The largest absolute Gasteiger partial charge is 0.386 e. The minimum Gasteiger partial charge on any atom is -0.386 e. The molecule has 6 heteroatoms. The molecule has 0 amide bonds. The summed E-state index contributed by atoms with van der Waals surface area (Å²) in [5, 5.41) is 4.12.